The molecule has 1 aromatic rings. The van der Waals surface area contributed by atoms with Gasteiger partial charge in [0.25, 0.3) is 5.91 Å². The van der Waals surface area contributed by atoms with Gasteiger partial charge in [0.15, 0.2) is 0 Å². The smallest absolute Gasteiger partial charge is 0.256 e. The summed E-state index contributed by atoms with van der Waals surface area (Å²) in [6, 6.07) is 6.12. The van der Waals surface area contributed by atoms with Crippen molar-refractivity contribution in [2.24, 2.45) is 11.7 Å². The zero-order valence-electron chi connectivity index (χ0n) is 9.73. The molecule has 17 heavy (non-hydrogen) atoms. The molecule has 0 radical (unpaired) electrons. The Morgan fingerprint density at radius 2 is 2.24 bits per heavy atom. The summed E-state index contributed by atoms with van der Waals surface area (Å²) in [5.41, 5.74) is 5.78. The second kappa shape index (κ2) is 5.27. The molecular weight excluding hydrogens is 219 g/mol. The maximum absolute atomic E-state index is 13.5. The number of likely N-dealkylation sites (tertiary alicyclic amines) is 1. The maximum atomic E-state index is 13.5. The minimum atomic E-state index is -0.452. The molecule has 1 atom stereocenters. The third-order valence-corrected chi connectivity index (χ3v) is 3.24. The van der Waals surface area contributed by atoms with Gasteiger partial charge in [0.05, 0.1) is 5.56 Å². The molecule has 0 spiro atoms. The first-order valence-corrected chi connectivity index (χ1v) is 5.96. The number of benzene rings is 1. The molecule has 0 aromatic heterocycles. The Morgan fingerprint density at radius 1 is 1.47 bits per heavy atom. The maximum Gasteiger partial charge on any atom is 0.256 e. The average Bonchev–Trinajstić information content (AvgIpc) is 2.38. The highest BCUT2D eigenvalue weighted by atomic mass is 19.1. The molecule has 1 aliphatic heterocycles. The molecule has 3 nitrogen and oxygen atoms in total. The van der Waals surface area contributed by atoms with Crippen molar-refractivity contribution >= 4 is 5.91 Å². The molecule has 1 aromatic carbocycles. The van der Waals surface area contributed by atoms with Crippen LogP contribution in [0.1, 0.15) is 23.2 Å². The lowest BCUT2D eigenvalue weighted by molar-refractivity contribution is 0.0673. The van der Waals surface area contributed by atoms with Gasteiger partial charge in [-0.15, -0.1) is 0 Å². The van der Waals surface area contributed by atoms with Gasteiger partial charge in [-0.2, -0.15) is 0 Å². The van der Waals surface area contributed by atoms with E-state index in [2.05, 4.69) is 0 Å². The second-order valence-electron chi connectivity index (χ2n) is 4.47. The molecule has 0 unspecified atom stereocenters. The summed E-state index contributed by atoms with van der Waals surface area (Å²) < 4.78 is 13.5. The SMILES string of the molecule is NC[C@@H]1CCCN(C(=O)c2ccccc2F)C1. The summed E-state index contributed by atoms with van der Waals surface area (Å²) in [4.78, 5) is 13.8. The van der Waals surface area contributed by atoms with Crippen LogP contribution in [0.2, 0.25) is 0 Å². The third-order valence-electron chi connectivity index (χ3n) is 3.24. The fourth-order valence-corrected chi connectivity index (χ4v) is 2.25. The van der Waals surface area contributed by atoms with Crippen molar-refractivity contribution in [3.63, 3.8) is 0 Å². The van der Waals surface area contributed by atoms with Crippen LogP contribution in [0.15, 0.2) is 24.3 Å². The van der Waals surface area contributed by atoms with Crippen molar-refractivity contribution in [2.75, 3.05) is 19.6 Å². The minimum absolute atomic E-state index is 0.158. The molecule has 2 rings (SSSR count). The number of nitrogens with two attached hydrogens (primary N) is 1. The van der Waals surface area contributed by atoms with Crippen molar-refractivity contribution in [3.05, 3.63) is 35.6 Å². The Bertz CT molecular complexity index is 408. The first-order chi connectivity index (χ1) is 8.22. The van der Waals surface area contributed by atoms with Gasteiger partial charge < -0.3 is 10.6 Å². The van der Waals surface area contributed by atoms with Crippen molar-refractivity contribution in [1.29, 1.82) is 0 Å². The monoisotopic (exact) mass is 236 g/mol. The summed E-state index contributed by atoms with van der Waals surface area (Å²) in [5.74, 6) is -0.326. The van der Waals surface area contributed by atoms with Crippen molar-refractivity contribution < 1.29 is 9.18 Å². The fraction of sp³-hybridized carbons (Fsp3) is 0.462. The molecule has 1 fully saturated rings. The van der Waals surface area contributed by atoms with Crippen LogP contribution in [0, 0.1) is 11.7 Å². The molecular formula is C13H17FN2O. The van der Waals surface area contributed by atoms with E-state index < -0.39 is 5.82 Å². The number of hydrogen-bond donors (Lipinski definition) is 1. The number of hydrogen-bond acceptors (Lipinski definition) is 2. The quantitative estimate of drug-likeness (QED) is 0.848. The number of piperidine rings is 1. The van der Waals surface area contributed by atoms with E-state index in [9.17, 15) is 9.18 Å². The zero-order chi connectivity index (χ0) is 12.3. The summed E-state index contributed by atoms with van der Waals surface area (Å²) in [6.07, 6.45) is 2.00. The lowest BCUT2D eigenvalue weighted by Crippen LogP contribution is -2.42. The van der Waals surface area contributed by atoms with Crippen LogP contribution < -0.4 is 5.73 Å². The fourth-order valence-electron chi connectivity index (χ4n) is 2.25. The summed E-state index contributed by atoms with van der Waals surface area (Å²) in [7, 11) is 0. The standard InChI is InChI=1S/C13H17FN2O/c14-12-6-2-1-5-11(12)13(17)16-7-3-4-10(8-15)9-16/h1-2,5-6,10H,3-4,7-9,15H2/t10-/m0/s1. The Hall–Kier alpha value is -1.42. The molecule has 92 valence electrons. The highest BCUT2D eigenvalue weighted by Gasteiger charge is 2.24. The van der Waals surface area contributed by atoms with E-state index in [1.165, 1.54) is 12.1 Å². The summed E-state index contributed by atoms with van der Waals surface area (Å²) in [5, 5.41) is 0. The van der Waals surface area contributed by atoms with Crippen LogP contribution in [0.4, 0.5) is 4.39 Å². The van der Waals surface area contributed by atoms with E-state index in [-0.39, 0.29) is 11.5 Å². The van der Waals surface area contributed by atoms with Gasteiger partial charge >= 0.3 is 0 Å². The first kappa shape index (κ1) is 12.0. The van der Waals surface area contributed by atoms with Crippen LogP contribution in [-0.4, -0.2) is 30.4 Å². The van der Waals surface area contributed by atoms with Crippen LogP contribution in [-0.2, 0) is 0 Å². The molecule has 0 saturated carbocycles. The molecule has 4 heteroatoms. The van der Waals surface area contributed by atoms with Gasteiger partial charge in [-0.05, 0) is 37.4 Å². The first-order valence-electron chi connectivity index (χ1n) is 5.96. The Morgan fingerprint density at radius 3 is 2.94 bits per heavy atom. The predicted octanol–water partition coefficient (Wildman–Crippen LogP) is 1.64. The van der Waals surface area contributed by atoms with Crippen molar-refractivity contribution in [1.82, 2.24) is 4.90 Å². The van der Waals surface area contributed by atoms with E-state index >= 15 is 0 Å². The Kier molecular flexibility index (Phi) is 3.74. The normalized spacial score (nSPS) is 20.4. The van der Waals surface area contributed by atoms with E-state index in [1.807, 2.05) is 0 Å². The van der Waals surface area contributed by atoms with Crippen molar-refractivity contribution in [3.8, 4) is 0 Å². The second-order valence-corrected chi connectivity index (χ2v) is 4.47. The predicted molar refractivity (Wildman–Crippen MR) is 64.1 cm³/mol. The Balaban J connectivity index is 2.12. The Labute approximate surface area is 100 Å². The van der Waals surface area contributed by atoms with E-state index in [0.717, 1.165) is 12.8 Å². The van der Waals surface area contributed by atoms with Gasteiger partial charge in [-0.25, -0.2) is 4.39 Å². The number of amides is 1. The molecule has 1 amide bonds. The third kappa shape index (κ3) is 2.64. The van der Waals surface area contributed by atoms with Crippen LogP contribution >= 0.6 is 0 Å². The topological polar surface area (TPSA) is 46.3 Å². The molecule has 1 saturated heterocycles. The minimum Gasteiger partial charge on any atom is -0.338 e. The number of halogens is 1. The molecule has 1 heterocycles. The van der Waals surface area contributed by atoms with Crippen LogP contribution in [0.25, 0.3) is 0 Å². The molecule has 1 aliphatic rings. The van der Waals surface area contributed by atoms with Crippen molar-refractivity contribution in [2.45, 2.75) is 12.8 Å². The average molecular weight is 236 g/mol. The van der Waals surface area contributed by atoms with E-state index in [1.54, 1.807) is 17.0 Å². The molecule has 0 aliphatic carbocycles. The lowest BCUT2D eigenvalue weighted by Gasteiger charge is -2.32. The number of carbonyl (C=O) groups is 1. The number of nitrogens with zero attached hydrogens (tertiary/aromatic N) is 1. The zero-order valence-corrected chi connectivity index (χ0v) is 9.73. The largest absolute Gasteiger partial charge is 0.338 e. The van der Waals surface area contributed by atoms with E-state index in [4.69, 9.17) is 5.73 Å². The van der Waals surface area contributed by atoms with Crippen LogP contribution in [0.5, 0.6) is 0 Å². The summed E-state index contributed by atoms with van der Waals surface area (Å²) in [6.45, 7) is 1.92. The van der Waals surface area contributed by atoms with Gasteiger partial charge in [0.2, 0.25) is 0 Å². The molecule has 2 N–H and O–H groups in total. The van der Waals surface area contributed by atoms with Crippen LogP contribution in [0.3, 0.4) is 0 Å². The lowest BCUT2D eigenvalue weighted by atomic mass is 9.97. The summed E-state index contributed by atoms with van der Waals surface area (Å²) >= 11 is 0. The van der Waals surface area contributed by atoms with E-state index in [0.29, 0.717) is 25.6 Å². The van der Waals surface area contributed by atoms with Gasteiger partial charge in [0, 0.05) is 13.1 Å². The number of carbonyl (C=O) groups excluding carboxylic acids is 1. The highest BCUT2D eigenvalue weighted by Crippen LogP contribution is 2.18. The van der Waals surface area contributed by atoms with Gasteiger partial charge in [0.1, 0.15) is 5.82 Å². The number of rotatable bonds is 2. The van der Waals surface area contributed by atoms with Gasteiger partial charge in [-0.3, -0.25) is 4.79 Å². The molecule has 0 bridgehead atoms. The highest BCUT2D eigenvalue weighted by molar-refractivity contribution is 5.94. The van der Waals surface area contributed by atoms with Gasteiger partial charge in [-0.1, -0.05) is 12.1 Å².